The highest BCUT2D eigenvalue weighted by molar-refractivity contribution is 6.35. The zero-order valence-electron chi connectivity index (χ0n) is 13.4. The molecule has 0 aromatic carbocycles. The molecule has 0 aromatic rings. The molecule has 2 aliphatic heterocycles. The molecule has 2 heterocycles. The van der Waals surface area contributed by atoms with Crippen molar-refractivity contribution in [3.63, 3.8) is 0 Å². The van der Waals surface area contributed by atoms with E-state index in [1.54, 1.807) is 4.90 Å². The second-order valence-electron chi connectivity index (χ2n) is 8.05. The van der Waals surface area contributed by atoms with Gasteiger partial charge in [0.25, 0.3) is 0 Å². The van der Waals surface area contributed by atoms with Crippen LogP contribution in [-0.4, -0.2) is 60.5 Å². The molecule has 0 spiro atoms. The van der Waals surface area contributed by atoms with E-state index in [0.717, 1.165) is 25.8 Å². The lowest BCUT2D eigenvalue weighted by molar-refractivity contribution is -0.154. The molecule has 1 saturated carbocycles. The van der Waals surface area contributed by atoms with Crippen molar-refractivity contribution in [2.75, 3.05) is 32.8 Å². The molecule has 3 rings (SSSR count). The van der Waals surface area contributed by atoms with Crippen LogP contribution in [0.3, 0.4) is 0 Å². The van der Waals surface area contributed by atoms with Gasteiger partial charge in [0.05, 0.1) is 13.2 Å². The van der Waals surface area contributed by atoms with Crippen LogP contribution in [0.1, 0.15) is 40.0 Å². The van der Waals surface area contributed by atoms with Crippen LogP contribution in [0.25, 0.3) is 0 Å². The third kappa shape index (κ3) is 2.80. The molecule has 0 aromatic heterocycles. The minimum absolute atomic E-state index is 0.174. The number of morpholine rings is 1. The number of carbonyl (C=O) groups excluding carboxylic acids is 2. The highest BCUT2D eigenvalue weighted by Gasteiger charge is 2.52. The van der Waals surface area contributed by atoms with Gasteiger partial charge in [-0.2, -0.15) is 0 Å². The van der Waals surface area contributed by atoms with Gasteiger partial charge in [-0.25, -0.2) is 0 Å². The molecule has 5 heteroatoms. The lowest BCUT2D eigenvalue weighted by Gasteiger charge is -2.39. The molecule has 2 unspecified atom stereocenters. The Balaban J connectivity index is 1.72. The first kappa shape index (κ1) is 14.8. The van der Waals surface area contributed by atoms with Crippen molar-refractivity contribution in [1.29, 1.82) is 0 Å². The van der Waals surface area contributed by atoms with Crippen molar-refractivity contribution in [1.82, 2.24) is 9.80 Å². The van der Waals surface area contributed by atoms with Crippen molar-refractivity contribution >= 4 is 11.8 Å². The van der Waals surface area contributed by atoms with Gasteiger partial charge in [-0.05, 0) is 30.1 Å². The van der Waals surface area contributed by atoms with E-state index < -0.39 is 0 Å². The Bertz CT molecular complexity index is 456. The first-order chi connectivity index (χ1) is 9.80. The standard InChI is InChI=1S/C16H26N2O3/c1-15(2)8-12-9-16(3,10-15)11-18(12)14(20)13(19)17-4-6-21-7-5-17/h12H,4-11H2,1-3H3. The maximum absolute atomic E-state index is 12.6. The fourth-order valence-corrected chi connectivity index (χ4v) is 4.72. The second kappa shape index (κ2) is 4.97. The molecule has 5 nitrogen and oxygen atoms in total. The molecule has 118 valence electrons. The van der Waals surface area contributed by atoms with Gasteiger partial charge in [-0.3, -0.25) is 9.59 Å². The number of hydrogen-bond donors (Lipinski definition) is 0. The monoisotopic (exact) mass is 294 g/mol. The number of rotatable bonds is 0. The minimum Gasteiger partial charge on any atom is -0.378 e. The van der Waals surface area contributed by atoms with E-state index in [9.17, 15) is 9.59 Å². The molecule has 0 N–H and O–H groups in total. The number of amides is 2. The highest BCUT2D eigenvalue weighted by atomic mass is 16.5. The number of likely N-dealkylation sites (tertiary alicyclic amines) is 1. The fourth-order valence-electron chi connectivity index (χ4n) is 4.72. The largest absolute Gasteiger partial charge is 0.378 e. The Morgan fingerprint density at radius 1 is 1.05 bits per heavy atom. The Morgan fingerprint density at radius 2 is 1.71 bits per heavy atom. The lowest BCUT2D eigenvalue weighted by Crippen LogP contribution is -2.50. The van der Waals surface area contributed by atoms with Crippen molar-refractivity contribution in [3.8, 4) is 0 Å². The summed E-state index contributed by atoms with van der Waals surface area (Å²) in [5.74, 6) is -0.643. The average Bonchev–Trinajstić information content (AvgIpc) is 2.67. The average molecular weight is 294 g/mol. The van der Waals surface area contributed by atoms with Gasteiger partial charge < -0.3 is 14.5 Å². The molecule has 2 saturated heterocycles. The Morgan fingerprint density at radius 3 is 2.38 bits per heavy atom. The maximum Gasteiger partial charge on any atom is 0.312 e. The lowest BCUT2D eigenvalue weighted by atomic mass is 9.65. The van der Waals surface area contributed by atoms with Crippen molar-refractivity contribution < 1.29 is 14.3 Å². The van der Waals surface area contributed by atoms with E-state index in [-0.39, 0.29) is 28.7 Å². The van der Waals surface area contributed by atoms with Gasteiger partial charge in [-0.1, -0.05) is 20.8 Å². The summed E-state index contributed by atoms with van der Waals surface area (Å²) >= 11 is 0. The van der Waals surface area contributed by atoms with Crippen LogP contribution in [0.4, 0.5) is 0 Å². The van der Waals surface area contributed by atoms with Crippen LogP contribution in [0.5, 0.6) is 0 Å². The summed E-state index contributed by atoms with van der Waals surface area (Å²) in [4.78, 5) is 28.5. The predicted octanol–water partition coefficient (Wildman–Crippen LogP) is 1.27. The Hall–Kier alpha value is -1.10. The van der Waals surface area contributed by atoms with E-state index in [0.29, 0.717) is 26.3 Å². The Kier molecular flexibility index (Phi) is 3.51. The molecular formula is C16H26N2O3. The van der Waals surface area contributed by atoms with E-state index in [1.165, 1.54) is 0 Å². The zero-order valence-corrected chi connectivity index (χ0v) is 13.4. The van der Waals surface area contributed by atoms with Crippen molar-refractivity contribution in [2.45, 2.75) is 46.1 Å². The maximum atomic E-state index is 12.6. The molecule has 2 amide bonds. The molecule has 0 radical (unpaired) electrons. The van der Waals surface area contributed by atoms with Gasteiger partial charge in [-0.15, -0.1) is 0 Å². The quantitative estimate of drug-likeness (QED) is 0.632. The van der Waals surface area contributed by atoms with Gasteiger partial charge in [0.15, 0.2) is 0 Å². The number of hydrogen-bond acceptors (Lipinski definition) is 3. The fraction of sp³-hybridized carbons (Fsp3) is 0.875. The first-order valence-corrected chi connectivity index (χ1v) is 7.97. The van der Waals surface area contributed by atoms with Crippen LogP contribution in [0.15, 0.2) is 0 Å². The summed E-state index contributed by atoms with van der Waals surface area (Å²) in [7, 11) is 0. The Labute approximate surface area is 126 Å². The van der Waals surface area contributed by atoms with Crippen LogP contribution in [0, 0.1) is 10.8 Å². The van der Waals surface area contributed by atoms with Crippen LogP contribution < -0.4 is 0 Å². The molecule has 2 atom stereocenters. The topological polar surface area (TPSA) is 49.9 Å². The van der Waals surface area contributed by atoms with Crippen LogP contribution in [-0.2, 0) is 14.3 Å². The van der Waals surface area contributed by atoms with E-state index in [2.05, 4.69) is 20.8 Å². The van der Waals surface area contributed by atoms with Crippen molar-refractivity contribution in [3.05, 3.63) is 0 Å². The number of nitrogens with zero attached hydrogens (tertiary/aromatic N) is 2. The van der Waals surface area contributed by atoms with Gasteiger partial charge in [0.2, 0.25) is 0 Å². The van der Waals surface area contributed by atoms with Gasteiger partial charge in [0.1, 0.15) is 0 Å². The minimum atomic E-state index is -0.341. The summed E-state index contributed by atoms with van der Waals surface area (Å²) in [6.45, 7) is 9.67. The number of fused-ring (bicyclic) bond motifs is 2. The zero-order chi connectivity index (χ0) is 15.3. The van der Waals surface area contributed by atoms with Crippen molar-refractivity contribution in [2.24, 2.45) is 10.8 Å². The van der Waals surface area contributed by atoms with Crippen LogP contribution in [0.2, 0.25) is 0 Å². The van der Waals surface area contributed by atoms with E-state index in [4.69, 9.17) is 4.74 Å². The second-order valence-corrected chi connectivity index (χ2v) is 8.05. The molecule has 3 aliphatic rings. The number of ether oxygens (including phenoxy) is 1. The van der Waals surface area contributed by atoms with Gasteiger partial charge in [0, 0.05) is 25.7 Å². The normalized spacial score (nSPS) is 34.9. The van der Waals surface area contributed by atoms with Crippen LogP contribution >= 0.6 is 0 Å². The van der Waals surface area contributed by atoms with E-state index >= 15 is 0 Å². The third-order valence-electron chi connectivity index (χ3n) is 5.16. The first-order valence-electron chi connectivity index (χ1n) is 7.97. The summed E-state index contributed by atoms with van der Waals surface area (Å²) < 4.78 is 5.25. The summed E-state index contributed by atoms with van der Waals surface area (Å²) in [6, 6.07) is 0.233. The summed E-state index contributed by atoms with van der Waals surface area (Å²) in [6.07, 6.45) is 3.18. The third-order valence-corrected chi connectivity index (χ3v) is 5.16. The van der Waals surface area contributed by atoms with Gasteiger partial charge >= 0.3 is 11.8 Å². The number of carbonyl (C=O) groups is 2. The summed E-state index contributed by atoms with van der Waals surface area (Å²) in [5.41, 5.74) is 0.433. The summed E-state index contributed by atoms with van der Waals surface area (Å²) in [5, 5.41) is 0. The van der Waals surface area contributed by atoms with E-state index in [1.807, 2.05) is 4.90 Å². The SMILES string of the molecule is CC1(C)CC2CC(C)(CN2C(=O)C(=O)N2CCOCC2)C1. The highest BCUT2D eigenvalue weighted by Crippen LogP contribution is 2.52. The molecule has 3 fully saturated rings. The predicted molar refractivity (Wildman–Crippen MR) is 78.6 cm³/mol. The molecule has 2 bridgehead atoms. The molecule has 21 heavy (non-hydrogen) atoms. The molecular weight excluding hydrogens is 268 g/mol. The molecule has 1 aliphatic carbocycles. The smallest absolute Gasteiger partial charge is 0.312 e.